The summed E-state index contributed by atoms with van der Waals surface area (Å²) in [6, 6.07) is 12.1. The van der Waals surface area contributed by atoms with Gasteiger partial charge >= 0.3 is 6.03 Å². The van der Waals surface area contributed by atoms with Crippen LogP contribution in [0, 0.1) is 6.92 Å². The zero-order chi connectivity index (χ0) is 21.3. The lowest BCUT2D eigenvalue weighted by atomic mass is 10.3. The Morgan fingerprint density at radius 1 is 1.03 bits per heavy atom. The number of aromatic nitrogens is 3. The maximum Gasteiger partial charge on any atom is 0.319 e. The summed E-state index contributed by atoms with van der Waals surface area (Å²) in [5, 5.41) is 20.3. The molecule has 0 fully saturated rings. The summed E-state index contributed by atoms with van der Waals surface area (Å²) in [4.78, 5) is 16.3. The predicted molar refractivity (Wildman–Crippen MR) is 118 cm³/mol. The first-order valence-corrected chi connectivity index (χ1v) is 9.57. The van der Waals surface area contributed by atoms with Gasteiger partial charge in [-0.2, -0.15) is 0 Å². The van der Waals surface area contributed by atoms with Crippen molar-refractivity contribution in [2.45, 2.75) is 6.92 Å². The van der Waals surface area contributed by atoms with E-state index >= 15 is 0 Å². The minimum atomic E-state index is -0.367. The number of anilines is 4. The highest BCUT2D eigenvalue weighted by Crippen LogP contribution is 2.27. The maximum absolute atomic E-state index is 12.1. The number of hydrogen-bond acceptors (Lipinski definition) is 7. The van der Waals surface area contributed by atoms with Crippen LogP contribution in [0.2, 0.25) is 5.02 Å². The molecular formula is C20H22ClN7O2. The SMILES string of the molecule is COc1ccc(Cl)cc1NC(=O)NCCNc1ccc(Nc2cc(C)ccn2)nn1. The minimum absolute atomic E-state index is 0.367. The normalized spacial score (nSPS) is 10.2. The summed E-state index contributed by atoms with van der Waals surface area (Å²) in [7, 11) is 1.52. The molecule has 4 N–H and O–H groups in total. The Bertz CT molecular complexity index is 999. The van der Waals surface area contributed by atoms with Crippen LogP contribution in [0.15, 0.2) is 48.7 Å². The first-order chi connectivity index (χ1) is 14.5. The fourth-order valence-corrected chi connectivity index (χ4v) is 2.71. The van der Waals surface area contributed by atoms with E-state index in [4.69, 9.17) is 16.3 Å². The highest BCUT2D eigenvalue weighted by Gasteiger charge is 2.08. The molecule has 0 spiro atoms. The lowest BCUT2D eigenvalue weighted by Gasteiger charge is -2.12. The number of carbonyl (C=O) groups excluding carboxylic acids is 1. The molecule has 0 atom stereocenters. The predicted octanol–water partition coefficient (Wildman–Crippen LogP) is 3.82. The molecule has 3 aromatic rings. The number of urea groups is 1. The Hall–Kier alpha value is -3.59. The molecular weight excluding hydrogens is 406 g/mol. The van der Waals surface area contributed by atoms with Crippen molar-refractivity contribution in [2.24, 2.45) is 0 Å². The lowest BCUT2D eigenvalue weighted by Crippen LogP contribution is -2.32. The van der Waals surface area contributed by atoms with Crippen LogP contribution in [0.25, 0.3) is 0 Å². The van der Waals surface area contributed by atoms with E-state index in [1.165, 1.54) is 7.11 Å². The summed E-state index contributed by atoms with van der Waals surface area (Å²) >= 11 is 5.96. The number of pyridine rings is 1. The smallest absolute Gasteiger partial charge is 0.319 e. The van der Waals surface area contributed by atoms with Gasteiger partial charge in [-0.3, -0.25) is 0 Å². The second-order valence-corrected chi connectivity index (χ2v) is 6.74. The first kappa shape index (κ1) is 21.1. The Labute approximate surface area is 179 Å². The van der Waals surface area contributed by atoms with E-state index in [1.807, 2.05) is 19.1 Å². The molecule has 3 rings (SSSR count). The molecule has 0 aliphatic rings. The topological polar surface area (TPSA) is 113 Å². The zero-order valence-electron chi connectivity index (χ0n) is 16.6. The van der Waals surface area contributed by atoms with Crippen LogP contribution in [0.4, 0.5) is 27.9 Å². The van der Waals surface area contributed by atoms with Gasteiger partial charge in [0.25, 0.3) is 0 Å². The van der Waals surface area contributed by atoms with E-state index in [2.05, 4.69) is 36.4 Å². The van der Waals surface area contributed by atoms with Crippen molar-refractivity contribution in [3.63, 3.8) is 0 Å². The molecule has 10 heteroatoms. The van der Waals surface area contributed by atoms with Crippen LogP contribution in [0.1, 0.15) is 5.56 Å². The maximum atomic E-state index is 12.1. The molecule has 30 heavy (non-hydrogen) atoms. The van der Waals surface area contributed by atoms with Crippen LogP contribution >= 0.6 is 11.6 Å². The fraction of sp³-hybridized carbons (Fsp3) is 0.200. The highest BCUT2D eigenvalue weighted by atomic mass is 35.5. The number of rotatable bonds is 8. The molecule has 0 bridgehead atoms. The van der Waals surface area contributed by atoms with Crippen molar-refractivity contribution < 1.29 is 9.53 Å². The molecule has 2 amide bonds. The summed E-state index contributed by atoms with van der Waals surface area (Å²) < 4.78 is 5.20. The third-order valence-corrected chi connectivity index (χ3v) is 4.20. The molecule has 1 aromatic carbocycles. The van der Waals surface area contributed by atoms with Crippen molar-refractivity contribution in [3.8, 4) is 5.75 Å². The molecule has 9 nitrogen and oxygen atoms in total. The Kier molecular flexibility index (Phi) is 7.23. The quantitative estimate of drug-likeness (QED) is 0.404. The van der Waals surface area contributed by atoms with Gasteiger partial charge in [-0.25, -0.2) is 9.78 Å². The first-order valence-electron chi connectivity index (χ1n) is 9.19. The van der Waals surface area contributed by atoms with Crippen molar-refractivity contribution in [3.05, 3.63) is 59.2 Å². The van der Waals surface area contributed by atoms with Gasteiger partial charge in [-0.05, 0) is 55.0 Å². The van der Waals surface area contributed by atoms with Gasteiger partial charge in [-0.15, -0.1) is 10.2 Å². The molecule has 0 radical (unpaired) electrons. The number of methoxy groups -OCH3 is 1. The largest absolute Gasteiger partial charge is 0.495 e. The van der Waals surface area contributed by atoms with Crippen LogP contribution in [-0.2, 0) is 0 Å². The number of benzene rings is 1. The van der Waals surface area contributed by atoms with Gasteiger partial charge in [-0.1, -0.05) is 11.6 Å². The summed E-state index contributed by atoms with van der Waals surface area (Å²) in [6.45, 7) is 2.84. The van der Waals surface area contributed by atoms with Gasteiger partial charge in [0.2, 0.25) is 0 Å². The molecule has 0 aliphatic carbocycles. The zero-order valence-corrected chi connectivity index (χ0v) is 17.3. The summed E-state index contributed by atoms with van der Waals surface area (Å²) in [5.41, 5.74) is 1.59. The van der Waals surface area contributed by atoms with Crippen LogP contribution < -0.4 is 26.0 Å². The van der Waals surface area contributed by atoms with E-state index < -0.39 is 0 Å². The summed E-state index contributed by atoms with van der Waals surface area (Å²) in [5.74, 6) is 2.41. The molecule has 156 valence electrons. The molecule has 0 unspecified atom stereocenters. The standard InChI is InChI=1S/C20H22ClN7O2/c1-13-7-8-22-19(11-13)26-18-6-5-17(27-28-18)23-9-10-24-20(29)25-15-12-14(21)3-4-16(15)30-2/h3-8,11-12H,9-10H2,1-2H3,(H,23,27)(H,22,26,28)(H2,24,25,29). The van der Waals surface area contributed by atoms with Gasteiger partial charge in [0.05, 0.1) is 12.8 Å². The monoisotopic (exact) mass is 427 g/mol. The van der Waals surface area contributed by atoms with Crippen LogP contribution in [-0.4, -0.2) is 41.4 Å². The Balaban J connectivity index is 1.42. The Morgan fingerprint density at radius 2 is 1.83 bits per heavy atom. The number of aryl methyl sites for hydroxylation is 1. The molecule has 0 saturated heterocycles. The number of hydrogen-bond donors (Lipinski definition) is 4. The lowest BCUT2D eigenvalue weighted by molar-refractivity contribution is 0.252. The number of ether oxygens (including phenoxy) is 1. The Morgan fingerprint density at radius 3 is 2.57 bits per heavy atom. The van der Waals surface area contributed by atoms with Gasteiger partial charge in [0, 0.05) is 24.3 Å². The average Bonchev–Trinajstić information content (AvgIpc) is 2.73. The van der Waals surface area contributed by atoms with Crippen molar-refractivity contribution >= 4 is 40.8 Å². The molecule has 0 aliphatic heterocycles. The van der Waals surface area contributed by atoms with E-state index in [0.717, 1.165) is 5.56 Å². The third kappa shape index (κ3) is 6.21. The minimum Gasteiger partial charge on any atom is -0.495 e. The second kappa shape index (κ2) is 10.3. The molecule has 2 heterocycles. The molecule has 0 saturated carbocycles. The number of nitrogens with zero attached hydrogens (tertiary/aromatic N) is 3. The summed E-state index contributed by atoms with van der Waals surface area (Å²) in [6.07, 6.45) is 1.73. The van der Waals surface area contributed by atoms with E-state index in [9.17, 15) is 4.79 Å². The molecule has 2 aromatic heterocycles. The van der Waals surface area contributed by atoms with E-state index in [1.54, 1.807) is 36.5 Å². The fourth-order valence-electron chi connectivity index (χ4n) is 2.54. The third-order valence-electron chi connectivity index (χ3n) is 3.96. The van der Waals surface area contributed by atoms with Crippen LogP contribution in [0.5, 0.6) is 5.75 Å². The average molecular weight is 428 g/mol. The number of halogens is 1. The van der Waals surface area contributed by atoms with E-state index in [-0.39, 0.29) is 6.03 Å². The number of carbonyl (C=O) groups is 1. The highest BCUT2D eigenvalue weighted by molar-refractivity contribution is 6.31. The van der Waals surface area contributed by atoms with Crippen molar-refractivity contribution in [1.82, 2.24) is 20.5 Å². The second-order valence-electron chi connectivity index (χ2n) is 6.30. The van der Waals surface area contributed by atoms with Gasteiger partial charge < -0.3 is 26.0 Å². The van der Waals surface area contributed by atoms with Gasteiger partial charge in [0.1, 0.15) is 17.4 Å². The number of nitrogens with one attached hydrogen (secondary N) is 4. The van der Waals surface area contributed by atoms with Crippen molar-refractivity contribution in [1.29, 1.82) is 0 Å². The van der Waals surface area contributed by atoms with E-state index in [0.29, 0.717) is 47.0 Å². The van der Waals surface area contributed by atoms with Crippen LogP contribution in [0.3, 0.4) is 0 Å². The van der Waals surface area contributed by atoms with Gasteiger partial charge in [0.15, 0.2) is 5.82 Å². The number of amides is 2. The van der Waals surface area contributed by atoms with Crippen molar-refractivity contribution in [2.75, 3.05) is 36.1 Å².